The van der Waals surface area contributed by atoms with Gasteiger partial charge in [0, 0.05) is 6.54 Å². The topological polar surface area (TPSA) is 87.1 Å². The minimum Gasteiger partial charge on any atom is -0.393 e. The molecule has 18 heavy (non-hydrogen) atoms. The second-order valence-corrected chi connectivity index (χ2v) is 7.06. The minimum atomic E-state index is -3.01. The first kappa shape index (κ1) is 13.2. The van der Waals surface area contributed by atoms with Gasteiger partial charge in [-0.2, -0.15) is 0 Å². The van der Waals surface area contributed by atoms with Crippen LogP contribution in [0, 0.1) is 6.92 Å². The Morgan fingerprint density at radius 1 is 1.44 bits per heavy atom. The van der Waals surface area contributed by atoms with E-state index < -0.39 is 9.84 Å². The monoisotopic (exact) mass is 273 g/mol. The van der Waals surface area contributed by atoms with Gasteiger partial charge in [0.2, 0.25) is 0 Å². The van der Waals surface area contributed by atoms with Crippen LogP contribution in [0.1, 0.15) is 31.5 Å². The van der Waals surface area contributed by atoms with E-state index in [1.165, 1.54) is 0 Å². The van der Waals surface area contributed by atoms with Gasteiger partial charge in [-0.05, 0) is 19.8 Å². The van der Waals surface area contributed by atoms with Crippen LogP contribution in [0.4, 0.5) is 5.69 Å². The lowest BCUT2D eigenvalue weighted by Crippen LogP contribution is -2.29. The van der Waals surface area contributed by atoms with E-state index >= 15 is 0 Å². The lowest BCUT2D eigenvalue weighted by molar-refractivity contribution is 0.376. The highest BCUT2D eigenvalue weighted by atomic mass is 32.2. The number of aromatic nitrogens is 2. The number of hydrogen-bond acceptors (Lipinski definition) is 4. The normalized spacial score (nSPS) is 22.4. The van der Waals surface area contributed by atoms with Crippen LogP contribution in [-0.4, -0.2) is 29.3 Å². The Labute approximate surface area is 106 Å². The number of nitrogens with zero attached hydrogens (tertiary/aromatic N) is 2. The fraction of sp³-hybridized carbons (Fsp3) is 0.727. The van der Waals surface area contributed by atoms with Crippen molar-refractivity contribution in [2.24, 2.45) is 0 Å². The van der Waals surface area contributed by atoms with Crippen molar-refractivity contribution in [3.63, 3.8) is 0 Å². The molecule has 1 aromatic rings. The SMILES string of the molecule is CCCn1c(C)c(N)c(=O)n1C1CCS(=O)(=O)C1. The molecule has 0 radical (unpaired) electrons. The summed E-state index contributed by atoms with van der Waals surface area (Å²) in [5.74, 6) is 0.194. The van der Waals surface area contributed by atoms with E-state index in [2.05, 4.69) is 0 Å². The molecule has 2 heterocycles. The van der Waals surface area contributed by atoms with E-state index in [4.69, 9.17) is 5.73 Å². The molecule has 2 rings (SSSR count). The maximum absolute atomic E-state index is 12.1. The summed E-state index contributed by atoms with van der Waals surface area (Å²) in [7, 11) is -3.01. The van der Waals surface area contributed by atoms with Gasteiger partial charge >= 0.3 is 0 Å². The molecule has 2 N–H and O–H groups in total. The summed E-state index contributed by atoms with van der Waals surface area (Å²) in [6.45, 7) is 4.48. The molecule has 1 fully saturated rings. The average molecular weight is 273 g/mol. The van der Waals surface area contributed by atoms with Crippen LogP contribution in [0.5, 0.6) is 0 Å². The average Bonchev–Trinajstić information content (AvgIpc) is 2.74. The first-order valence-electron chi connectivity index (χ1n) is 6.15. The molecule has 102 valence electrons. The highest BCUT2D eigenvalue weighted by molar-refractivity contribution is 7.91. The third-order valence-electron chi connectivity index (χ3n) is 3.47. The molecular formula is C11H19N3O3S. The van der Waals surface area contributed by atoms with Gasteiger partial charge in [-0.15, -0.1) is 0 Å². The molecule has 1 unspecified atom stereocenters. The summed E-state index contributed by atoms with van der Waals surface area (Å²) in [5, 5.41) is 0. The summed E-state index contributed by atoms with van der Waals surface area (Å²) in [6, 6.07) is -0.273. The molecule has 6 nitrogen and oxygen atoms in total. The molecule has 7 heteroatoms. The van der Waals surface area contributed by atoms with Crippen molar-refractivity contribution in [1.29, 1.82) is 0 Å². The van der Waals surface area contributed by atoms with E-state index in [0.29, 0.717) is 13.0 Å². The second kappa shape index (κ2) is 4.46. The molecule has 1 aliphatic rings. The maximum atomic E-state index is 12.1. The zero-order valence-electron chi connectivity index (χ0n) is 10.7. The van der Waals surface area contributed by atoms with E-state index in [9.17, 15) is 13.2 Å². The van der Waals surface area contributed by atoms with Gasteiger partial charge in [0.25, 0.3) is 5.56 Å². The fourth-order valence-corrected chi connectivity index (χ4v) is 4.20. The summed E-state index contributed by atoms with van der Waals surface area (Å²) in [4.78, 5) is 12.1. The molecule has 1 aliphatic heterocycles. The molecule has 0 bridgehead atoms. The summed E-state index contributed by atoms with van der Waals surface area (Å²) in [6.07, 6.45) is 1.36. The van der Waals surface area contributed by atoms with Crippen LogP contribution >= 0.6 is 0 Å². The van der Waals surface area contributed by atoms with Gasteiger partial charge in [0.1, 0.15) is 5.69 Å². The Kier molecular flexibility index (Phi) is 3.27. The van der Waals surface area contributed by atoms with E-state index in [1.807, 2.05) is 11.6 Å². The van der Waals surface area contributed by atoms with Gasteiger partial charge in [0.15, 0.2) is 9.84 Å². The zero-order valence-corrected chi connectivity index (χ0v) is 11.5. The smallest absolute Gasteiger partial charge is 0.290 e. The number of rotatable bonds is 3. The van der Waals surface area contributed by atoms with Crippen molar-refractivity contribution < 1.29 is 8.42 Å². The van der Waals surface area contributed by atoms with Crippen LogP contribution in [0.25, 0.3) is 0 Å². The Morgan fingerprint density at radius 2 is 2.11 bits per heavy atom. The largest absolute Gasteiger partial charge is 0.393 e. The van der Waals surface area contributed by atoms with Crippen LogP contribution in [0.3, 0.4) is 0 Å². The van der Waals surface area contributed by atoms with Gasteiger partial charge < -0.3 is 5.73 Å². The fourth-order valence-electron chi connectivity index (χ4n) is 2.51. The maximum Gasteiger partial charge on any atom is 0.290 e. The quantitative estimate of drug-likeness (QED) is 0.858. The predicted octanol–water partition coefficient (Wildman–Crippen LogP) is 0.310. The number of sulfone groups is 1. The van der Waals surface area contributed by atoms with Crippen LogP contribution < -0.4 is 11.3 Å². The van der Waals surface area contributed by atoms with Crippen molar-refractivity contribution in [3.8, 4) is 0 Å². The van der Waals surface area contributed by atoms with Gasteiger partial charge in [0.05, 0.1) is 23.2 Å². The number of hydrogen-bond donors (Lipinski definition) is 1. The number of nitrogens with two attached hydrogens (primary N) is 1. The van der Waals surface area contributed by atoms with Crippen molar-refractivity contribution in [1.82, 2.24) is 9.36 Å². The lowest BCUT2D eigenvalue weighted by Gasteiger charge is -2.17. The van der Waals surface area contributed by atoms with Gasteiger partial charge in [-0.1, -0.05) is 6.92 Å². The molecule has 1 saturated heterocycles. The van der Waals surface area contributed by atoms with Crippen molar-refractivity contribution in [2.45, 2.75) is 39.3 Å². The summed E-state index contributed by atoms with van der Waals surface area (Å²) >= 11 is 0. The molecule has 0 aromatic carbocycles. The molecule has 0 amide bonds. The van der Waals surface area contributed by atoms with Crippen LogP contribution in [-0.2, 0) is 16.4 Å². The van der Waals surface area contributed by atoms with E-state index in [1.54, 1.807) is 11.6 Å². The second-order valence-electron chi connectivity index (χ2n) is 4.83. The van der Waals surface area contributed by atoms with E-state index in [0.717, 1.165) is 12.1 Å². The lowest BCUT2D eigenvalue weighted by atomic mass is 10.3. The molecule has 0 saturated carbocycles. The molecular weight excluding hydrogens is 254 g/mol. The molecule has 0 aliphatic carbocycles. The van der Waals surface area contributed by atoms with Crippen molar-refractivity contribution in [2.75, 3.05) is 17.2 Å². The number of anilines is 1. The predicted molar refractivity (Wildman–Crippen MR) is 70.4 cm³/mol. The van der Waals surface area contributed by atoms with Crippen molar-refractivity contribution >= 4 is 15.5 Å². The highest BCUT2D eigenvalue weighted by Gasteiger charge is 2.32. The van der Waals surface area contributed by atoms with Crippen molar-refractivity contribution in [3.05, 3.63) is 16.0 Å². The first-order chi connectivity index (χ1) is 8.37. The van der Waals surface area contributed by atoms with Gasteiger partial charge in [-0.25, -0.2) is 13.1 Å². The Bertz CT molecular complexity index is 612. The Balaban J connectivity index is 2.51. The Hall–Kier alpha value is -1.24. The summed E-state index contributed by atoms with van der Waals surface area (Å²) in [5.41, 5.74) is 6.46. The summed E-state index contributed by atoms with van der Waals surface area (Å²) < 4.78 is 26.4. The highest BCUT2D eigenvalue weighted by Crippen LogP contribution is 2.24. The third kappa shape index (κ3) is 2.07. The minimum absolute atomic E-state index is 0.0412. The first-order valence-corrected chi connectivity index (χ1v) is 7.97. The van der Waals surface area contributed by atoms with E-state index in [-0.39, 0.29) is 28.8 Å². The zero-order chi connectivity index (χ0) is 13.5. The molecule has 0 spiro atoms. The number of nitrogen functional groups attached to an aromatic ring is 1. The molecule has 1 atom stereocenters. The Morgan fingerprint density at radius 3 is 2.61 bits per heavy atom. The van der Waals surface area contributed by atoms with Crippen LogP contribution in [0.15, 0.2) is 4.79 Å². The molecule has 1 aromatic heterocycles. The standard InChI is InChI=1S/C11H19N3O3S/c1-3-5-13-8(2)10(12)11(15)14(13)9-4-6-18(16,17)7-9/h9H,3-7,12H2,1-2H3. The van der Waals surface area contributed by atoms with Gasteiger partial charge in [-0.3, -0.25) is 9.48 Å². The van der Waals surface area contributed by atoms with Crippen LogP contribution in [0.2, 0.25) is 0 Å². The third-order valence-corrected chi connectivity index (χ3v) is 5.22.